The zero-order valence-corrected chi connectivity index (χ0v) is 14.2. The summed E-state index contributed by atoms with van der Waals surface area (Å²) >= 11 is 6.21. The first-order valence-electron chi connectivity index (χ1n) is 7.67. The van der Waals surface area contributed by atoms with E-state index < -0.39 is 5.97 Å². The zero-order valence-electron chi connectivity index (χ0n) is 13.4. The van der Waals surface area contributed by atoms with Gasteiger partial charge in [0.15, 0.2) is 5.75 Å². The molecule has 2 aromatic carbocycles. The Morgan fingerprint density at radius 2 is 2.00 bits per heavy atom. The maximum Gasteiger partial charge on any atom is 0.335 e. The fourth-order valence-electron chi connectivity index (χ4n) is 2.15. The second-order valence-electron chi connectivity index (χ2n) is 5.02. The Labute approximate surface area is 146 Å². The van der Waals surface area contributed by atoms with E-state index in [4.69, 9.17) is 26.2 Å². The largest absolute Gasteiger partial charge is 0.487 e. The lowest BCUT2D eigenvalue weighted by molar-refractivity contribution is 0.0696. The Kier molecular flexibility index (Phi) is 6.90. The van der Waals surface area contributed by atoms with Gasteiger partial charge in [-0.25, -0.2) is 4.79 Å². The van der Waals surface area contributed by atoms with E-state index in [1.165, 1.54) is 0 Å². The Morgan fingerprint density at radius 1 is 1.21 bits per heavy atom. The molecular formula is C18H20ClNO4. The fraction of sp³-hybridized carbons (Fsp3) is 0.278. The molecule has 5 nitrogen and oxygen atoms in total. The van der Waals surface area contributed by atoms with Crippen molar-refractivity contribution in [2.24, 2.45) is 0 Å². The van der Waals surface area contributed by atoms with Gasteiger partial charge in [-0.1, -0.05) is 29.8 Å². The van der Waals surface area contributed by atoms with Crippen molar-refractivity contribution in [3.63, 3.8) is 0 Å². The topological polar surface area (TPSA) is 67.8 Å². The van der Waals surface area contributed by atoms with Gasteiger partial charge in [-0.2, -0.15) is 0 Å². The Balaban J connectivity index is 2.05. The predicted octanol–water partition coefficient (Wildman–Crippen LogP) is 4.07. The summed E-state index contributed by atoms with van der Waals surface area (Å²) in [4.78, 5) is 11.0. The van der Waals surface area contributed by atoms with Gasteiger partial charge in [0.05, 0.1) is 22.9 Å². The molecule has 2 aromatic rings. The second kappa shape index (κ2) is 9.15. The molecule has 0 saturated heterocycles. The molecule has 24 heavy (non-hydrogen) atoms. The van der Waals surface area contributed by atoms with Gasteiger partial charge in [-0.15, -0.1) is 0 Å². The molecule has 0 heterocycles. The number of hydrogen-bond donors (Lipinski definition) is 2. The summed E-state index contributed by atoms with van der Waals surface area (Å²) in [6.07, 6.45) is 0. The number of anilines is 1. The highest BCUT2D eigenvalue weighted by Crippen LogP contribution is 2.33. The first kappa shape index (κ1) is 18.1. The standard InChI is InChI=1S/C18H20ClNO4/c1-2-23-9-10-24-17-15(19)7-4-8-16(17)20-12-13-5-3-6-14(11-13)18(21)22/h3-8,11,20H,2,9-10,12H2,1H3,(H,21,22). The van der Waals surface area contributed by atoms with Crippen molar-refractivity contribution < 1.29 is 19.4 Å². The SMILES string of the molecule is CCOCCOc1c(Cl)cccc1NCc1cccc(C(=O)O)c1. The van der Waals surface area contributed by atoms with Gasteiger partial charge in [0, 0.05) is 13.2 Å². The number of carbonyl (C=O) groups is 1. The number of carboxylic acids is 1. The lowest BCUT2D eigenvalue weighted by Gasteiger charge is -2.15. The molecule has 2 N–H and O–H groups in total. The first-order valence-corrected chi connectivity index (χ1v) is 8.04. The molecule has 0 saturated carbocycles. The average Bonchev–Trinajstić information content (AvgIpc) is 2.58. The summed E-state index contributed by atoms with van der Waals surface area (Å²) in [5, 5.41) is 12.8. The second-order valence-corrected chi connectivity index (χ2v) is 5.43. The molecule has 0 spiro atoms. The third-order valence-electron chi connectivity index (χ3n) is 3.30. The number of benzene rings is 2. The van der Waals surface area contributed by atoms with E-state index in [1.54, 1.807) is 24.3 Å². The van der Waals surface area contributed by atoms with E-state index in [0.29, 0.717) is 37.1 Å². The minimum atomic E-state index is -0.945. The molecule has 128 valence electrons. The molecule has 0 fully saturated rings. The molecule has 2 rings (SSSR count). The smallest absolute Gasteiger partial charge is 0.335 e. The van der Waals surface area contributed by atoms with E-state index in [9.17, 15) is 4.79 Å². The number of aromatic carboxylic acids is 1. The number of para-hydroxylation sites is 1. The minimum absolute atomic E-state index is 0.258. The number of rotatable bonds is 9. The number of nitrogens with one attached hydrogen (secondary N) is 1. The third kappa shape index (κ3) is 5.15. The van der Waals surface area contributed by atoms with Crippen LogP contribution in [0.15, 0.2) is 42.5 Å². The monoisotopic (exact) mass is 349 g/mol. The molecule has 0 unspecified atom stereocenters. The zero-order chi connectivity index (χ0) is 17.4. The van der Waals surface area contributed by atoms with Crippen LogP contribution in [-0.4, -0.2) is 30.9 Å². The van der Waals surface area contributed by atoms with Crippen LogP contribution < -0.4 is 10.1 Å². The van der Waals surface area contributed by atoms with Gasteiger partial charge in [-0.05, 0) is 36.8 Å². The molecule has 0 bridgehead atoms. The summed E-state index contributed by atoms with van der Waals surface area (Å²) in [7, 11) is 0. The van der Waals surface area contributed by atoms with Crippen molar-refractivity contribution in [1.29, 1.82) is 0 Å². The van der Waals surface area contributed by atoms with Crippen LogP contribution >= 0.6 is 11.6 Å². The predicted molar refractivity (Wildman–Crippen MR) is 94.2 cm³/mol. The molecule has 0 aromatic heterocycles. The third-order valence-corrected chi connectivity index (χ3v) is 3.60. The van der Waals surface area contributed by atoms with Crippen molar-refractivity contribution in [1.82, 2.24) is 0 Å². The summed E-state index contributed by atoms with van der Waals surface area (Å²) < 4.78 is 11.0. The molecular weight excluding hydrogens is 330 g/mol. The van der Waals surface area contributed by atoms with Crippen molar-refractivity contribution in [3.05, 3.63) is 58.6 Å². The van der Waals surface area contributed by atoms with Crippen LogP contribution in [0.2, 0.25) is 5.02 Å². The van der Waals surface area contributed by atoms with Crippen molar-refractivity contribution in [2.45, 2.75) is 13.5 Å². The fourth-order valence-corrected chi connectivity index (χ4v) is 2.38. The quantitative estimate of drug-likeness (QED) is 0.668. The highest BCUT2D eigenvalue weighted by atomic mass is 35.5. The summed E-state index contributed by atoms with van der Waals surface area (Å²) in [5.41, 5.74) is 1.86. The van der Waals surface area contributed by atoms with Gasteiger partial charge in [0.25, 0.3) is 0 Å². The van der Waals surface area contributed by atoms with Gasteiger partial charge >= 0.3 is 5.97 Å². The van der Waals surface area contributed by atoms with Crippen LogP contribution in [0, 0.1) is 0 Å². The number of ether oxygens (including phenoxy) is 2. The highest BCUT2D eigenvalue weighted by Gasteiger charge is 2.09. The minimum Gasteiger partial charge on any atom is -0.487 e. The van der Waals surface area contributed by atoms with E-state index in [1.807, 2.05) is 25.1 Å². The molecule has 0 aliphatic rings. The van der Waals surface area contributed by atoms with Crippen LogP contribution in [0.1, 0.15) is 22.8 Å². The molecule has 0 radical (unpaired) electrons. The van der Waals surface area contributed by atoms with Crippen LogP contribution in [0.3, 0.4) is 0 Å². The first-order chi connectivity index (χ1) is 11.6. The normalized spacial score (nSPS) is 10.4. The highest BCUT2D eigenvalue weighted by molar-refractivity contribution is 6.32. The van der Waals surface area contributed by atoms with Gasteiger partial charge in [0.1, 0.15) is 6.61 Å². The molecule has 0 aliphatic heterocycles. The van der Waals surface area contributed by atoms with Crippen molar-refractivity contribution >= 4 is 23.3 Å². The van der Waals surface area contributed by atoms with Crippen molar-refractivity contribution in [2.75, 3.05) is 25.1 Å². The summed E-state index contributed by atoms with van der Waals surface area (Å²) in [6, 6.07) is 12.2. The summed E-state index contributed by atoms with van der Waals surface area (Å²) in [6.45, 7) is 3.91. The maximum absolute atomic E-state index is 11.0. The number of halogens is 1. The van der Waals surface area contributed by atoms with E-state index in [2.05, 4.69) is 5.32 Å². The van der Waals surface area contributed by atoms with Crippen LogP contribution in [0.5, 0.6) is 5.75 Å². The van der Waals surface area contributed by atoms with Gasteiger partial charge in [0.2, 0.25) is 0 Å². The maximum atomic E-state index is 11.0. The molecule has 0 aliphatic carbocycles. The lowest BCUT2D eigenvalue weighted by Crippen LogP contribution is -2.09. The Bertz CT molecular complexity index is 690. The van der Waals surface area contributed by atoms with Crippen LogP contribution in [0.4, 0.5) is 5.69 Å². The van der Waals surface area contributed by atoms with Crippen molar-refractivity contribution in [3.8, 4) is 5.75 Å². The number of hydrogen-bond acceptors (Lipinski definition) is 4. The average molecular weight is 350 g/mol. The Hall–Kier alpha value is -2.24. The van der Waals surface area contributed by atoms with Crippen LogP contribution in [0.25, 0.3) is 0 Å². The van der Waals surface area contributed by atoms with E-state index in [-0.39, 0.29) is 5.56 Å². The molecule has 0 amide bonds. The molecule has 6 heteroatoms. The molecule has 0 atom stereocenters. The van der Waals surface area contributed by atoms with E-state index in [0.717, 1.165) is 11.3 Å². The lowest BCUT2D eigenvalue weighted by atomic mass is 10.1. The van der Waals surface area contributed by atoms with Crippen LogP contribution in [-0.2, 0) is 11.3 Å². The van der Waals surface area contributed by atoms with E-state index >= 15 is 0 Å². The summed E-state index contributed by atoms with van der Waals surface area (Å²) in [5.74, 6) is -0.382. The Morgan fingerprint density at radius 3 is 2.75 bits per heavy atom. The van der Waals surface area contributed by atoms with Gasteiger partial charge < -0.3 is 19.9 Å². The van der Waals surface area contributed by atoms with Gasteiger partial charge in [-0.3, -0.25) is 0 Å². The number of carboxylic acid groups (broad SMARTS) is 1.